The Morgan fingerprint density at radius 2 is 2.07 bits per heavy atom. The topological polar surface area (TPSA) is 46.6 Å². The summed E-state index contributed by atoms with van der Waals surface area (Å²) in [5.74, 6) is 0. The van der Waals surface area contributed by atoms with Gasteiger partial charge in [-0.2, -0.15) is 0 Å². The average Bonchev–Trinajstić information content (AvgIpc) is 2.27. The van der Waals surface area contributed by atoms with Gasteiger partial charge in [0.1, 0.15) is 6.61 Å². The molecule has 15 heavy (non-hydrogen) atoms. The van der Waals surface area contributed by atoms with Gasteiger partial charge in [0, 0.05) is 7.05 Å². The highest BCUT2D eigenvalue weighted by atomic mass is 16.6. The van der Waals surface area contributed by atoms with Gasteiger partial charge in [0.05, 0.1) is 6.54 Å². The molecule has 1 rings (SSSR count). The maximum atomic E-state index is 11.2. The lowest BCUT2D eigenvalue weighted by molar-refractivity contribution is 0.109. The molecule has 0 spiro atoms. The zero-order valence-corrected chi connectivity index (χ0v) is 8.47. The van der Waals surface area contributed by atoms with Crippen molar-refractivity contribution in [2.24, 2.45) is 0 Å². The van der Waals surface area contributed by atoms with E-state index in [1.165, 1.54) is 7.05 Å². The monoisotopic (exact) mass is 206 g/mol. The van der Waals surface area contributed by atoms with Crippen molar-refractivity contribution in [2.45, 2.75) is 6.61 Å². The summed E-state index contributed by atoms with van der Waals surface area (Å²) >= 11 is 0. The van der Waals surface area contributed by atoms with Crippen LogP contribution >= 0.6 is 0 Å². The van der Waals surface area contributed by atoms with Crippen molar-refractivity contribution in [3.8, 4) is 0 Å². The molecule has 0 aromatic heterocycles. The van der Waals surface area contributed by atoms with E-state index in [1.54, 1.807) is 6.29 Å². The summed E-state index contributed by atoms with van der Waals surface area (Å²) in [5.41, 5.74) is 0.911. The normalized spacial score (nSPS) is 9.40. The Morgan fingerprint density at radius 1 is 1.40 bits per heavy atom. The lowest BCUT2D eigenvalue weighted by Crippen LogP contribution is -2.28. The van der Waals surface area contributed by atoms with Gasteiger partial charge in [-0.15, -0.1) is 0 Å². The maximum Gasteiger partial charge on any atom is 0.410 e. The Kier molecular flexibility index (Phi) is 4.34. The Labute approximate surface area is 88.5 Å². The largest absolute Gasteiger partial charge is 0.445 e. The van der Waals surface area contributed by atoms with Crippen molar-refractivity contribution in [3.63, 3.8) is 0 Å². The van der Waals surface area contributed by atoms with Crippen LogP contribution in [0.15, 0.2) is 30.3 Å². The Hall–Kier alpha value is -1.84. The van der Waals surface area contributed by atoms with Gasteiger partial charge < -0.3 is 9.64 Å². The van der Waals surface area contributed by atoms with Crippen molar-refractivity contribution in [2.75, 3.05) is 13.6 Å². The molecule has 0 saturated carbocycles. The fourth-order valence-electron chi connectivity index (χ4n) is 0.991. The number of carbonyl (C=O) groups excluding carboxylic acids is 2. The van der Waals surface area contributed by atoms with E-state index in [0.717, 1.165) is 10.5 Å². The minimum Gasteiger partial charge on any atom is -0.445 e. The molecule has 1 radical (unpaired) electrons. The number of rotatable bonds is 4. The van der Waals surface area contributed by atoms with E-state index in [4.69, 9.17) is 4.74 Å². The van der Waals surface area contributed by atoms with E-state index < -0.39 is 6.09 Å². The van der Waals surface area contributed by atoms with Gasteiger partial charge in [-0.25, -0.2) is 4.79 Å². The molecule has 1 aromatic carbocycles. The molecule has 79 valence electrons. The summed E-state index contributed by atoms with van der Waals surface area (Å²) in [7, 11) is 1.48. The van der Waals surface area contributed by atoms with E-state index in [1.807, 2.05) is 30.3 Å². The van der Waals surface area contributed by atoms with E-state index in [2.05, 4.69) is 0 Å². The van der Waals surface area contributed by atoms with E-state index >= 15 is 0 Å². The van der Waals surface area contributed by atoms with Crippen LogP contribution in [0.1, 0.15) is 5.56 Å². The van der Waals surface area contributed by atoms with Crippen LogP contribution in [0, 0.1) is 0 Å². The van der Waals surface area contributed by atoms with Gasteiger partial charge >= 0.3 is 6.09 Å². The zero-order chi connectivity index (χ0) is 11.1. The lowest BCUT2D eigenvalue weighted by Gasteiger charge is -2.13. The molecule has 0 heterocycles. The molecule has 0 bridgehead atoms. The fourth-order valence-corrected chi connectivity index (χ4v) is 0.991. The second-order valence-corrected chi connectivity index (χ2v) is 3.04. The molecule has 0 fully saturated rings. The quantitative estimate of drug-likeness (QED) is 0.747. The molecule has 0 atom stereocenters. The third-order valence-corrected chi connectivity index (χ3v) is 1.82. The number of hydrogen-bond acceptors (Lipinski definition) is 3. The molecule has 0 N–H and O–H groups in total. The predicted octanol–water partition coefficient (Wildman–Crippen LogP) is 1.36. The van der Waals surface area contributed by atoms with Gasteiger partial charge in [0.2, 0.25) is 6.29 Å². The number of likely N-dealkylation sites (N-methyl/N-ethyl adjacent to an activating group) is 1. The summed E-state index contributed by atoms with van der Waals surface area (Å²) in [6.07, 6.45) is 1.10. The van der Waals surface area contributed by atoms with Crippen LogP contribution in [0.3, 0.4) is 0 Å². The summed E-state index contributed by atoms with van der Waals surface area (Å²) < 4.78 is 4.95. The van der Waals surface area contributed by atoms with E-state index in [9.17, 15) is 9.59 Å². The first kappa shape index (κ1) is 11.2. The number of carbonyl (C=O) groups is 1. The Bertz CT molecular complexity index is 324. The zero-order valence-electron chi connectivity index (χ0n) is 8.47. The summed E-state index contributed by atoms with van der Waals surface area (Å²) in [5, 5.41) is 0. The van der Waals surface area contributed by atoms with Crippen molar-refractivity contribution >= 4 is 12.4 Å². The van der Waals surface area contributed by atoms with Crippen molar-refractivity contribution in [3.05, 3.63) is 35.9 Å². The minimum absolute atomic E-state index is 0.0758. The average molecular weight is 206 g/mol. The standard InChI is InChI=1S/C11H12NO3/c1-12(7-8-13)11(14)15-9-10-5-3-2-4-6-10/h2-6H,7,9H2,1H3. The van der Waals surface area contributed by atoms with Crippen molar-refractivity contribution in [1.29, 1.82) is 0 Å². The van der Waals surface area contributed by atoms with Crippen LogP contribution in [-0.2, 0) is 16.1 Å². The molecule has 1 aromatic rings. The molecule has 4 heteroatoms. The smallest absolute Gasteiger partial charge is 0.410 e. The van der Waals surface area contributed by atoms with Gasteiger partial charge in [0.15, 0.2) is 0 Å². The molecule has 0 unspecified atom stereocenters. The molecule has 0 aliphatic heterocycles. The predicted molar refractivity (Wildman–Crippen MR) is 55.0 cm³/mol. The van der Waals surface area contributed by atoms with Crippen LogP contribution < -0.4 is 0 Å². The third-order valence-electron chi connectivity index (χ3n) is 1.82. The summed E-state index contributed by atoms with van der Waals surface area (Å²) in [4.78, 5) is 22.4. The van der Waals surface area contributed by atoms with Gasteiger partial charge in [-0.3, -0.25) is 4.79 Å². The van der Waals surface area contributed by atoms with E-state index in [0.29, 0.717) is 0 Å². The first-order valence-corrected chi connectivity index (χ1v) is 4.51. The fraction of sp³-hybridized carbons (Fsp3) is 0.273. The molecule has 0 aliphatic carbocycles. The molecule has 4 nitrogen and oxygen atoms in total. The molecule has 0 saturated heterocycles. The van der Waals surface area contributed by atoms with Crippen LogP contribution in [0.25, 0.3) is 0 Å². The number of ether oxygens (including phenoxy) is 1. The molecular weight excluding hydrogens is 194 g/mol. The summed E-state index contributed by atoms with van der Waals surface area (Å²) in [6, 6.07) is 9.34. The highest BCUT2D eigenvalue weighted by Crippen LogP contribution is 2.01. The van der Waals surface area contributed by atoms with Gasteiger partial charge in [0.25, 0.3) is 0 Å². The van der Waals surface area contributed by atoms with Crippen LogP contribution in [-0.4, -0.2) is 30.9 Å². The number of benzene rings is 1. The molecule has 1 amide bonds. The molecule has 0 aliphatic rings. The SMILES string of the molecule is CN(C[C]=O)C(=O)OCc1ccccc1. The van der Waals surface area contributed by atoms with Crippen molar-refractivity contribution < 1.29 is 14.3 Å². The highest BCUT2D eigenvalue weighted by Gasteiger charge is 2.08. The van der Waals surface area contributed by atoms with Crippen molar-refractivity contribution in [1.82, 2.24) is 4.90 Å². The number of hydrogen-bond donors (Lipinski definition) is 0. The van der Waals surface area contributed by atoms with Gasteiger partial charge in [-0.05, 0) is 5.56 Å². The van der Waals surface area contributed by atoms with E-state index in [-0.39, 0.29) is 13.2 Å². The third kappa shape index (κ3) is 3.81. The Morgan fingerprint density at radius 3 is 2.67 bits per heavy atom. The second-order valence-electron chi connectivity index (χ2n) is 3.04. The summed E-state index contributed by atoms with van der Waals surface area (Å²) in [6.45, 7) is 0.135. The van der Waals surface area contributed by atoms with Gasteiger partial charge in [-0.1, -0.05) is 30.3 Å². The lowest BCUT2D eigenvalue weighted by atomic mass is 10.2. The minimum atomic E-state index is -0.526. The van der Waals surface area contributed by atoms with Crippen LogP contribution in [0.5, 0.6) is 0 Å². The molecular formula is C11H12NO3. The Balaban J connectivity index is 2.37. The first-order valence-electron chi connectivity index (χ1n) is 4.51. The number of nitrogens with zero attached hydrogens (tertiary/aromatic N) is 1. The maximum absolute atomic E-state index is 11.2. The highest BCUT2D eigenvalue weighted by molar-refractivity contribution is 5.71. The first-order chi connectivity index (χ1) is 7.24. The van der Waals surface area contributed by atoms with Crippen LogP contribution in [0.4, 0.5) is 4.79 Å². The second kappa shape index (κ2) is 5.80. The van der Waals surface area contributed by atoms with Crippen LogP contribution in [0.2, 0.25) is 0 Å². The number of amides is 1.